The fraction of sp³-hybridized carbons (Fsp3) is 0.667. The van der Waals surface area contributed by atoms with Gasteiger partial charge in [0.25, 0.3) is 5.91 Å². The van der Waals surface area contributed by atoms with E-state index in [1.165, 1.54) is 23.6 Å². The Morgan fingerprint density at radius 3 is 2.74 bits per heavy atom. The second-order valence-corrected chi connectivity index (χ2v) is 13.4. The molecule has 4 amide bonds. The van der Waals surface area contributed by atoms with Crippen LogP contribution < -0.4 is 15.4 Å². The van der Waals surface area contributed by atoms with Crippen molar-refractivity contribution in [2.75, 3.05) is 18.1 Å². The minimum atomic E-state index is -3.83. The number of hydrogen-bond acceptors (Lipinski definition) is 9. The summed E-state index contributed by atoms with van der Waals surface area (Å²) in [5.74, 6) is -1.38. The zero-order valence-electron chi connectivity index (χ0n) is 21.2. The van der Waals surface area contributed by atoms with Crippen molar-refractivity contribution in [3.8, 4) is 0 Å². The lowest BCUT2D eigenvalue weighted by Crippen LogP contribution is -2.58. The Morgan fingerprint density at radius 2 is 2.05 bits per heavy atom. The van der Waals surface area contributed by atoms with Gasteiger partial charge in [0.15, 0.2) is 0 Å². The van der Waals surface area contributed by atoms with E-state index in [4.69, 9.17) is 4.74 Å². The zero-order valence-corrected chi connectivity index (χ0v) is 22.8. The molecule has 3 fully saturated rings. The number of rotatable bonds is 5. The van der Waals surface area contributed by atoms with E-state index in [1.54, 1.807) is 0 Å². The van der Waals surface area contributed by atoms with E-state index in [9.17, 15) is 32.7 Å². The molecule has 5 atom stereocenters. The van der Waals surface area contributed by atoms with Crippen LogP contribution in [0.4, 0.5) is 4.79 Å². The first-order chi connectivity index (χ1) is 17.9. The predicted octanol–water partition coefficient (Wildman–Crippen LogP) is 0.143. The minimum absolute atomic E-state index is 0.0633. The Morgan fingerprint density at radius 1 is 1.32 bits per heavy atom. The smallest absolute Gasteiger partial charge is 0.412 e. The molecule has 210 valence electrons. The summed E-state index contributed by atoms with van der Waals surface area (Å²) in [5.41, 5.74) is -1.46. The van der Waals surface area contributed by atoms with Gasteiger partial charge >= 0.3 is 6.09 Å². The summed E-state index contributed by atoms with van der Waals surface area (Å²) in [4.78, 5) is 53.6. The molecular weight excluding hydrogens is 536 g/mol. The Kier molecular flexibility index (Phi) is 8.43. The van der Waals surface area contributed by atoms with Crippen LogP contribution in [0.1, 0.15) is 45.4 Å². The van der Waals surface area contributed by atoms with E-state index < -0.39 is 68.7 Å². The molecule has 14 heteroatoms. The van der Waals surface area contributed by atoms with Crippen molar-refractivity contribution >= 4 is 45.6 Å². The van der Waals surface area contributed by atoms with Crippen LogP contribution in [0.3, 0.4) is 0 Å². The maximum Gasteiger partial charge on any atom is 0.412 e. The average Bonchev–Trinajstić information content (AvgIpc) is 3.74. The van der Waals surface area contributed by atoms with Gasteiger partial charge in [-0.05, 0) is 44.8 Å². The predicted molar refractivity (Wildman–Crippen MR) is 139 cm³/mol. The number of carbonyl (C=O) groups is 4. The van der Waals surface area contributed by atoms with E-state index in [1.807, 2.05) is 12.2 Å². The number of alkyl carbamates (subject to hydrolysis) is 1. The van der Waals surface area contributed by atoms with Crippen LogP contribution in [0.25, 0.3) is 0 Å². The Hall–Kier alpha value is -2.58. The van der Waals surface area contributed by atoms with Gasteiger partial charge in [0, 0.05) is 24.6 Å². The number of nitrogens with one attached hydrogen (secondary N) is 3. The quantitative estimate of drug-likeness (QED) is 0.265. The lowest BCUT2D eigenvalue weighted by atomic mass is 10.1. The summed E-state index contributed by atoms with van der Waals surface area (Å²) in [7, 11) is -3.83. The van der Waals surface area contributed by atoms with Crippen LogP contribution in [-0.4, -0.2) is 89.3 Å². The number of nitrogens with zero attached hydrogens (tertiary/aromatic N) is 1. The molecule has 0 radical (unpaired) electrons. The van der Waals surface area contributed by atoms with E-state index in [-0.39, 0.29) is 30.9 Å². The van der Waals surface area contributed by atoms with Gasteiger partial charge in [-0.25, -0.2) is 13.2 Å². The number of hydrogen-bond donors (Lipinski definition) is 4. The SMILES string of the molecule is C=C(C)OC(=O)NC1CSCCCC=CC2CC2(C(=O)NS(=O)(=O)C2CC2)NC(=O)C2CC(O)CN2C1=O. The molecule has 1 saturated heterocycles. The Labute approximate surface area is 226 Å². The molecular formula is C24H34N4O8S2. The van der Waals surface area contributed by atoms with Gasteiger partial charge < -0.3 is 25.4 Å². The van der Waals surface area contributed by atoms with Crippen molar-refractivity contribution in [3.05, 3.63) is 24.5 Å². The van der Waals surface area contributed by atoms with Gasteiger partial charge in [-0.15, -0.1) is 0 Å². The maximum absolute atomic E-state index is 13.5. The monoisotopic (exact) mass is 570 g/mol. The van der Waals surface area contributed by atoms with Crippen LogP contribution in [0.15, 0.2) is 24.5 Å². The minimum Gasteiger partial charge on any atom is -0.416 e. The van der Waals surface area contributed by atoms with Crippen molar-refractivity contribution < 1.29 is 37.4 Å². The highest BCUT2D eigenvalue weighted by Crippen LogP contribution is 2.46. The van der Waals surface area contributed by atoms with Crippen molar-refractivity contribution in [3.63, 3.8) is 0 Å². The highest BCUT2D eigenvalue weighted by atomic mass is 32.2. The van der Waals surface area contributed by atoms with Crippen LogP contribution >= 0.6 is 11.8 Å². The first-order valence-corrected chi connectivity index (χ1v) is 15.4. The molecule has 4 N–H and O–H groups in total. The highest BCUT2D eigenvalue weighted by Gasteiger charge is 2.62. The van der Waals surface area contributed by atoms with Crippen LogP contribution in [0.2, 0.25) is 0 Å². The lowest BCUT2D eigenvalue weighted by molar-refractivity contribution is -0.140. The summed E-state index contributed by atoms with van der Waals surface area (Å²) >= 11 is 1.46. The number of fused-ring (bicyclic) bond motifs is 2. The van der Waals surface area contributed by atoms with Crippen LogP contribution in [0.5, 0.6) is 0 Å². The Bertz CT molecular complexity index is 1140. The normalized spacial score (nSPS) is 32.1. The topological polar surface area (TPSA) is 171 Å². The van der Waals surface area contributed by atoms with E-state index in [0.717, 1.165) is 6.42 Å². The molecule has 12 nitrogen and oxygen atoms in total. The van der Waals surface area contributed by atoms with E-state index in [0.29, 0.717) is 25.0 Å². The van der Waals surface area contributed by atoms with Gasteiger partial charge in [-0.3, -0.25) is 19.1 Å². The molecule has 4 rings (SSSR count). The first-order valence-electron chi connectivity index (χ1n) is 12.7. The summed E-state index contributed by atoms with van der Waals surface area (Å²) in [6, 6.07) is -2.13. The van der Waals surface area contributed by atoms with Gasteiger partial charge in [0.2, 0.25) is 21.8 Å². The standard InChI is InChI=1S/C24H34N4O8S2/c1-14(2)36-23(33)25-18-13-37-9-5-3-4-6-15-11-24(15,22(32)27-38(34,35)17-7-8-17)26-20(30)19-10-16(29)12-28(19)21(18)31/h4,6,15-19,29H,1,3,5,7-13H2,2H3,(H,25,33)(H,26,30)(H,27,32). The van der Waals surface area contributed by atoms with Crippen LogP contribution in [0, 0.1) is 5.92 Å². The highest BCUT2D eigenvalue weighted by molar-refractivity contribution is 7.99. The summed E-state index contributed by atoms with van der Waals surface area (Å²) < 4.78 is 32.0. The second kappa shape index (κ2) is 11.3. The molecule has 0 aromatic carbocycles. The second-order valence-electron chi connectivity index (χ2n) is 10.3. The van der Waals surface area contributed by atoms with Gasteiger partial charge in [0.1, 0.15) is 17.6 Å². The average molecular weight is 571 g/mol. The van der Waals surface area contributed by atoms with Gasteiger partial charge in [-0.1, -0.05) is 18.7 Å². The molecule has 0 aromatic heterocycles. The number of aliphatic hydroxyl groups excluding tert-OH is 1. The molecule has 2 aliphatic carbocycles. The molecule has 5 unspecified atom stereocenters. The number of thioether (sulfide) groups is 1. The number of carbonyl (C=O) groups excluding carboxylic acids is 4. The van der Waals surface area contributed by atoms with E-state index >= 15 is 0 Å². The number of aliphatic hydroxyl groups is 1. The lowest BCUT2D eigenvalue weighted by Gasteiger charge is -2.29. The third-order valence-electron chi connectivity index (χ3n) is 7.00. The molecule has 38 heavy (non-hydrogen) atoms. The van der Waals surface area contributed by atoms with Crippen molar-refractivity contribution in [1.29, 1.82) is 0 Å². The first kappa shape index (κ1) is 28.4. The Balaban J connectivity index is 1.57. The number of allylic oxidation sites excluding steroid dienone is 2. The molecule has 0 spiro atoms. The van der Waals surface area contributed by atoms with E-state index in [2.05, 4.69) is 21.9 Å². The molecule has 4 aliphatic rings. The summed E-state index contributed by atoms with van der Waals surface area (Å²) in [6.07, 6.45) is 4.44. The molecule has 2 aliphatic heterocycles. The molecule has 0 aromatic rings. The summed E-state index contributed by atoms with van der Waals surface area (Å²) in [5, 5.41) is 15.0. The van der Waals surface area contributed by atoms with Crippen molar-refractivity contribution in [2.45, 2.75) is 74.4 Å². The molecule has 0 bridgehead atoms. The number of sulfonamides is 1. The van der Waals surface area contributed by atoms with Gasteiger partial charge in [0.05, 0.1) is 17.1 Å². The van der Waals surface area contributed by atoms with Crippen molar-refractivity contribution in [2.24, 2.45) is 5.92 Å². The number of amides is 4. The maximum atomic E-state index is 13.5. The van der Waals surface area contributed by atoms with Crippen LogP contribution in [-0.2, 0) is 29.1 Å². The van der Waals surface area contributed by atoms with Gasteiger partial charge in [-0.2, -0.15) is 11.8 Å². The summed E-state index contributed by atoms with van der Waals surface area (Å²) in [6.45, 7) is 4.87. The van der Waals surface area contributed by atoms with Crippen molar-refractivity contribution in [1.82, 2.24) is 20.3 Å². The largest absolute Gasteiger partial charge is 0.416 e. The number of ether oxygens (including phenoxy) is 1. The zero-order chi connectivity index (χ0) is 27.7. The fourth-order valence-electron chi connectivity index (χ4n) is 4.74. The third-order valence-corrected chi connectivity index (χ3v) is 9.96. The molecule has 2 saturated carbocycles. The fourth-order valence-corrected chi connectivity index (χ4v) is 7.11. The molecule has 2 heterocycles. The third kappa shape index (κ3) is 6.52.